The highest BCUT2D eigenvalue weighted by Crippen LogP contribution is 2.19. The molecule has 2 N–H and O–H groups in total. The molecular formula is C9H19FN2. The minimum Gasteiger partial charge on any atom is -0.313 e. The summed E-state index contributed by atoms with van der Waals surface area (Å²) in [6.45, 7) is 6.04. The van der Waals surface area contributed by atoms with Gasteiger partial charge in [-0.25, -0.2) is 4.39 Å². The lowest BCUT2D eigenvalue weighted by atomic mass is 9.96. The fraction of sp³-hybridized carbons (Fsp3) is 1.00. The van der Waals surface area contributed by atoms with Crippen molar-refractivity contribution in [1.29, 1.82) is 0 Å². The van der Waals surface area contributed by atoms with E-state index in [1.54, 1.807) is 0 Å². The van der Waals surface area contributed by atoms with Crippen LogP contribution in [-0.2, 0) is 0 Å². The molecule has 2 nitrogen and oxygen atoms in total. The summed E-state index contributed by atoms with van der Waals surface area (Å²) in [5.41, 5.74) is -1.01. The Morgan fingerprint density at radius 2 is 2.33 bits per heavy atom. The zero-order valence-corrected chi connectivity index (χ0v) is 7.99. The molecule has 0 aromatic heterocycles. The smallest absolute Gasteiger partial charge is 0.135 e. The second-order valence-corrected chi connectivity index (χ2v) is 3.97. The molecule has 1 unspecified atom stereocenters. The van der Waals surface area contributed by atoms with E-state index in [1.165, 1.54) is 0 Å². The Morgan fingerprint density at radius 3 is 2.83 bits per heavy atom. The molecular weight excluding hydrogens is 155 g/mol. The molecule has 1 aliphatic rings. The lowest BCUT2D eigenvalue weighted by Gasteiger charge is -2.31. The average Bonchev–Trinajstić information content (AvgIpc) is 2.03. The third-order valence-corrected chi connectivity index (χ3v) is 2.25. The quantitative estimate of drug-likeness (QED) is 0.669. The summed E-state index contributed by atoms with van der Waals surface area (Å²) in [5.74, 6) is 0. The van der Waals surface area contributed by atoms with E-state index in [2.05, 4.69) is 10.6 Å². The maximum absolute atomic E-state index is 13.8. The first kappa shape index (κ1) is 9.93. The monoisotopic (exact) mass is 174 g/mol. The number of halogens is 1. The van der Waals surface area contributed by atoms with Crippen molar-refractivity contribution >= 4 is 0 Å². The first-order valence-corrected chi connectivity index (χ1v) is 4.75. The second kappa shape index (κ2) is 4.19. The van der Waals surface area contributed by atoms with Gasteiger partial charge in [-0.2, -0.15) is 0 Å². The van der Waals surface area contributed by atoms with Gasteiger partial charge in [0.25, 0.3) is 0 Å². The van der Waals surface area contributed by atoms with Crippen LogP contribution in [0.4, 0.5) is 4.39 Å². The van der Waals surface area contributed by atoms with Crippen molar-refractivity contribution in [2.24, 2.45) is 0 Å². The summed E-state index contributed by atoms with van der Waals surface area (Å²) in [4.78, 5) is 0. The van der Waals surface area contributed by atoms with Crippen LogP contribution in [0.5, 0.6) is 0 Å². The topological polar surface area (TPSA) is 24.1 Å². The van der Waals surface area contributed by atoms with Crippen LogP contribution in [0.3, 0.4) is 0 Å². The van der Waals surface area contributed by atoms with E-state index in [4.69, 9.17) is 0 Å². The fourth-order valence-corrected chi connectivity index (χ4v) is 1.47. The van der Waals surface area contributed by atoms with Gasteiger partial charge in [0.1, 0.15) is 5.67 Å². The van der Waals surface area contributed by atoms with Crippen LogP contribution in [0.1, 0.15) is 26.7 Å². The van der Waals surface area contributed by atoms with E-state index in [-0.39, 0.29) is 0 Å². The van der Waals surface area contributed by atoms with Crippen LogP contribution >= 0.6 is 0 Å². The molecule has 1 saturated heterocycles. The van der Waals surface area contributed by atoms with Crippen molar-refractivity contribution in [2.75, 3.05) is 19.6 Å². The maximum atomic E-state index is 13.8. The van der Waals surface area contributed by atoms with Crippen molar-refractivity contribution in [3.63, 3.8) is 0 Å². The van der Waals surface area contributed by atoms with Crippen LogP contribution < -0.4 is 10.6 Å². The van der Waals surface area contributed by atoms with Gasteiger partial charge in [-0.05, 0) is 19.4 Å². The van der Waals surface area contributed by atoms with Gasteiger partial charge in [0.05, 0.1) is 0 Å². The number of alkyl halides is 1. The second-order valence-electron chi connectivity index (χ2n) is 3.97. The fourth-order valence-electron chi connectivity index (χ4n) is 1.47. The Labute approximate surface area is 73.9 Å². The molecule has 0 bridgehead atoms. The molecule has 0 aliphatic carbocycles. The molecule has 1 aliphatic heterocycles. The molecule has 0 saturated carbocycles. The van der Waals surface area contributed by atoms with Crippen LogP contribution in [0, 0.1) is 0 Å². The van der Waals surface area contributed by atoms with Gasteiger partial charge >= 0.3 is 0 Å². The first-order valence-electron chi connectivity index (χ1n) is 4.75. The van der Waals surface area contributed by atoms with Crippen LogP contribution in [-0.4, -0.2) is 31.3 Å². The molecule has 3 heteroatoms. The molecule has 1 heterocycles. The minimum absolute atomic E-state index is 0.375. The predicted molar refractivity (Wildman–Crippen MR) is 49.1 cm³/mol. The predicted octanol–water partition coefficient (Wildman–Crippen LogP) is 1.08. The number of hydrogen-bond acceptors (Lipinski definition) is 2. The molecule has 0 radical (unpaired) electrons. The van der Waals surface area contributed by atoms with Crippen molar-refractivity contribution < 1.29 is 4.39 Å². The Bertz CT molecular complexity index is 130. The largest absolute Gasteiger partial charge is 0.313 e. The lowest BCUT2D eigenvalue weighted by molar-refractivity contribution is 0.117. The summed E-state index contributed by atoms with van der Waals surface area (Å²) in [7, 11) is 0. The highest BCUT2D eigenvalue weighted by Gasteiger charge is 2.31. The van der Waals surface area contributed by atoms with Gasteiger partial charge in [0.15, 0.2) is 0 Å². The van der Waals surface area contributed by atoms with Gasteiger partial charge in [-0.15, -0.1) is 0 Å². The average molecular weight is 174 g/mol. The van der Waals surface area contributed by atoms with Gasteiger partial charge in [-0.1, -0.05) is 13.8 Å². The summed E-state index contributed by atoms with van der Waals surface area (Å²) in [5, 5.41) is 6.22. The summed E-state index contributed by atoms with van der Waals surface area (Å²) < 4.78 is 13.8. The third kappa shape index (κ3) is 3.07. The van der Waals surface area contributed by atoms with Gasteiger partial charge in [-0.3, -0.25) is 0 Å². The van der Waals surface area contributed by atoms with Crippen molar-refractivity contribution in [2.45, 2.75) is 38.4 Å². The standard InChI is InChI=1S/C9H19FN2/c1-8(2)12-7-9(10)4-3-5-11-6-9/h8,11-12H,3-7H2,1-2H3. The molecule has 0 aromatic rings. The molecule has 12 heavy (non-hydrogen) atoms. The first-order chi connectivity index (χ1) is 5.62. The van der Waals surface area contributed by atoms with Crippen molar-refractivity contribution in [3.8, 4) is 0 Å². The summed E-state index contributed by atoms with van der Waals surface area (Å²) >= 11 is 0. The van der Waals surface area contributed by atoms with Gasteiger partial charge in [0.2, 0.25) is 0 Å². The Hall–Kier alpha value is -0.150. The molecule has 0 aromatic carbocycles. The zero-order valence-electron chi connectivity index (χ0n) is 7.99. The Balaban J connectivity index is 2.26. The molecule has 1 atom stereocenters. The van der Waals surface area contributed by atoms with Gasteiger partial charge < -0.3 is 10.6 Å². The van der Waals surface area contributed by atoms with Crippen molar-refractivity contribution in [1.82, 2.24) is 10.6 Å². The molecule has 1 fully saturated rings. The highest BCUT2D eigenvalue weighted by molar-refractivity contribution is 4.88. The van der Waals surface area contributed by atoms with E-state index in [0.717, 1.165) is 13.0 Å². The van der Waals surface area contributed by atoms with E-state index in [9.17, 15) is 4.39 Å². The number of piperidine rings is 1. The van der Waals surface area contributed by atoms with Crippen LogP contribution in [0.15, 0.2) is 0 Å². The van der Waals surface area contributed by atoms with E-state index in [1.807, 2.05) is 13.8 Å². The molecule has 0 amide bonds. The maximum Gasteiger partial charge on any atom is 0.135 e. The van der Waals surface area contributed by atoms with E-state index < -0.39 is 5.67 Å². The number of nitrogens with one attached hydrogen (secondary N) is 2. The molecule has 0 spiro atoms. The van der Waals surface area contributed by atoms with Crippen LogP contribution in [0.2, 0.25) is 0 Å². The minimum atomic E-state index is -1.01. The number of rotatable bonds is 3. The summed E-state index contributed by atoms with van der Waals surface area (Å²) in [6.07, 6.45) is 1.65. The number of hydrogen-bond donors (Lipinski definition) is 2. The summed E-state index contributed by atoms with van der Waals surface area (Å²) in [6, 6.07) is 0.375. The van der Waals surface area contributed by atoms with Gasteiger partial charge in [0, 0.05) is 19.1 Å². The molecule has 72 valence electrons. The Kier molecular flexibility index (Phi) is 3.47. The van der Waals surface area contributed by atoms with E-state index >= 15 is 0 Å². The van der Waals surface area contributed by atoms with Crippen LogP contribution in [0.25, 0.3) is 0 Å². The van der Waals surface area contributed by atoms with Crippen molar-refractivity contribution in [3.05, 3.63) is 0 Å². The van der Waals surface area contributed by atoms with E-state index in [0.29, 0.717) is 25.6 Å². The highest BCUT2D eigenvalue weighted by atomic mass is 19.1. The Morgan fingerprint density at radius 1 is 1.58 bits per heavy atom. The third-order valence-electron chi connectivity index (χ3n) is 2.25. The lowest BCUT2D eigenvalue weighted by Crippen LogP contribution is -2.49. The SMILES string of the molecule is CC(C)NCC1(F)CCCNC1. The normalized spacial score (nSPS) is 31.0. The molecule has 1 rings (SSSR count). The zero-order chi connectivity index (χ0) is 9.03.